The number of hydrogen-bond donors (Lipinski definition) is 1. The van der Waals surface area contributed by atoms with Gasteiger partial charge in [-0.3, -0.25) is 15.0 Å². The van der Waals surface area contributed by atoms with Crippen molar-refractivity contribution >= 4 is 29.3 Å². The number of benzene rings is 2. The van der Waals surface area contributed by atoms with E-state index >= 15 is 0 Å². The zero-order valence-electron chi connectivity index (χ0n) is 15.6. The summed E-state index contributed by atoms with van der Waals surface area (Å²) in [7, 11) is 0. The fourth-order valence-corrected chi connectivity index (χ4v) is 3.33. The normalized spacial score (nSPS) is 14.4. The van der Waals surface area contributed by atoms with Crippen molar-refractivity contribution in [2.24, 2.45) is 4.99 Å². The number of aromatic amines is 1. The molecule has 140 valence electrons. The number of aliphatic imine (C=N–C) groups is 1. The van der Waals surface area contributed by atoms with Gasteiger partial charge < -0.3 is 4.74 Å². The van der Waals surface area contributed by atoms with E-state index in [2.05, 4.69) is 21.9 Å². The van der Waals surface area contributed by atoms with Crippen molar-refractivity contribution in [3.05, 3.63) is 77.6 Å². The van der Waals surface area contributed by atoms with Gasteiger partial charge in [-0.15, -0.1) is 0 Å². The summed E-state index contributed by atoms with van der Waals surface area (Å²) >= 11 is 0. The molecule has 1 aliphatic rings. The Labute approximate surface area is 162 Å². The molecule has 0 fully saturated rings. The molecule has 2 aromatic carbocycles. The summed E-state index contributed by atoms with van der Waals surface area (Å²) in [6.07, 6.45) is 5.13. The van der Waals surface area contributed by atoms with Crippen LogP contribution in [-0.4, -0.2) is 27.9 Å². The molecule has 0 unspecified atom stereocenters. The van der Waals surface area contributed by atoms with Crippen LogP contribution < -0.4 is 4.74 Å². The summed E-state index contributed by atoms with van der Waals surface area (Å²) in [5.74, 6) is 0.572. The van der Waals surface area contributed by atoms with Crippen LogP contribution >= 0.6 is 0 Å². The van der Waals surface area contributed by atoms with E-state index in [4.69, 9.17) is 4.74 Å². The van der Waals surface area contributed by atoms with Crippen LogP contribution in [0, 0.1) is 0 Å². The van der Waals surface area contributed by atoms with Gasteiger partial charge in [0.1, 0.15) is 5.75 Å². The molecule has 1 N–H and O–H groups in total. The van der Waals surface area contributed by atoms with E-state index in [1.165, 1.54) is 0 Å². The van der Waals surface area contributed by atoms with Gasteiger partial charge in [0.15, 0.2) is 0 Å². The van der Waals surface area contributed by atoms with Crippen LogP contribution in [0.5, 0.6) is 5.75 Å². The summed E-state index contributed by atoms with van der Waals surface area (Å²) in [6, 6.07) is 13.7. The smallest absolute Gasteiger partial charge is 0.410 e. The lowest BCUT2D eigenvalue weighted by Gasteiger charge is -2.28. The third-order valence-electron chi connectivity index (χ3n) is 4.72. The fourth-order valence-electron chi connectivity index (χ4n) is 3.33. The Kier molecular flexibility index (Phi) is 4.76. The highest BCUT2D eigenvalue weighted by Crippen LogP contribution is 2.33. The van der Waals surface area contributed by atoms with Gasteiger partial charge in [-0.25, -0.2) is 4.79 Å². The average Bonchev–Trinajstić information content (AvgIpc) is 3.11. The number of carbonyl (C=O) groups excluding carboxylic acids is 1. The van der Waals surface area contributed by atoms with Gasteiger partial charge in [0, 0.05) is 29.8 Å². The molecule has 0 atom stereocenters. The van der Waals surface area contributed by atoms with Crippen LogP contribution in [0.4, 0.5) is 4.79 Å². The molecule has 4 rings (SSSR count). The molecule has 0 aliphatic carbocycles. The molecular formula is C22H20N4O2. The molecule has 0 saturated carbocycles. The summed E-state index contributed by atoms with van der Waals surface area (Å²) in [5, 5.41) is 8.43. The first kappa shape index (κ1) is 17.7. The number of H-pyrrole nitrogens is 1. The minimum absolute atomic E-state index is 0.343. The molecule has 6 heteroatoms. The lowest BCUT2D eigenvalue weighted by Crippen LogP contribution is -2.36. The number of nitrogens with zero attached hydrogens (tertiary/aromatic N) is 3. The minimum Gasteiger partial charge on any atom is -0.410 e. The van der Waals surface area contributed by atoms with E-state index in [9.17, 15) is 4.79 Å². The number of rotatable bonds is 5. The van der Waals surface area contributed by atoms with Gasteiger partial charge in [0.25, 0.3) is 0 Å². The summed E-state index contributed by atoms with van der Waals surface area (Å²) in [5.41, 5.74) is 4.59. The van der Waals surface area contributed by atoms with Gasteiger partial charge in [0.2, 0.25) is 0 Å². The molecule has 0 radical (unpaired) electrons. The van der Waals surface area contributed by atoms with Crippen molar-refractivity contribution < 1.29 is 9.53 Å². The second-order valence-corrected chi connectivity index (χ2v) is 6.53. The van der Waals surface area contributed by atoms with E-state index in [1.807, 2.05) is 61.5 Å². The second kappa shape index (κ2) is 7.52. The first-order valence-corrected chi connectivity index (χ1v) is 9.00. The zero-order valence-corrected chi connectivity index (χ0v) is 15.6. The Morgan fingerprint density at radius 1 is 1.36 bits per heavy atom. The van der Waals surface area contributed by atoms with Crippen molar-refractivity contribution in [1.29, 1.82) is 0 Å². The summed E-state index contributed by atoms with van der Waals surface area (Å²) < 4.78 is 5.57. The van der Waals surface area contributed by atoms with Gasteiger partial charge in [-0.2, -0.15) is 5.10 Å². The number of nitrogens with one attached hydrogen (secondary N) is 1. The molecule has 1 amide bonds. The average molecular weight is 372 g/mol. The Balaban J connectivity index is 1.69. The van der Waals surface area contributed by atoms with E-state index in [1.54, 1.807) is 11.1 Å². The Bertz CT molecular complexity index is 1100. The van der Waals surface area contributed by atoms with Gasteiger partial charge >= 0.3 is 6.09 Å². The highest BCUT2D eigenvalue weighted by molar-refractivity contribution is 5.94. The first-order valence-electron chi connectivity index (χ1n) is 9.00. The Morgan fingerprint density at radius 3 is 2.93 bits per heavy atom. The van der Waals surface area contributed by atoms with Gasteiger partial charge in [0.05, 0.1) is 17.8 Å². The van der Waals surface area contributed by atoms with Crippen molar-refractivity contribution in [2.75, 3.05) is 0 Å². The number of amides is 1. The summed E-state index contributed by atoms with van der Waals surface area (Å²) in [4.78, 5) is 17.9. The first-order chi connectivity index (χ1) is 13.7. The quantitative estimate of drug-likeness (QED) is 0.521. The van der Waals surface area contributed by atoms with Crippen molar-refractivity contribution in [2.45, 2.75) is 20.0 Å². The molecule has 2 heterocycles. The molecular weight excluding hydrogens is 352 g/mol. The molecule has 0 saturated heterocycles. The van der Waals surface area contributed by atoms with Gasteiger partial charge in [-0.05, 0) is 36.9 Å². The van der Waals surface area contributed by atoms with Crippen molar-refractivity contribution in [3.8, 4) is 5.75 Å². The summed E-state index contributed by atoms with van der Waals surface area (Å²) in [6.45, 7) is 6.41. The number of hydrogen-bond acceptors (Lipinski definition) is 4. The molecule has 3 aromatic rings. The van der Waals surface area contributed by atoms with E-state index < -0.39 is 0 Å². The predicted molar refractivity (Wildman–Crippen MR) is 110 cm³/mol. The lowest BCUT2D eigenvalue weighted by atomic mass is 10.0. The largest absolute Gasteiger partial charge is 0.415 e. The predicted octanol–water partition coefficient (Wildman–Crippen LogP) is 4.70. The molecule has 28 heavy (non-hydrogen) atoms. The minimum atomic E-state index is -0.343. The zero-order chi connectivity index (χ0) is 19.5. The molecule has 1 aromatic heterocycles. The van der Waals surface area contributed by atoms with Crippen LogP contribution in [0.3, 0.4) is 0 Å². The second-order valence-electron chi connectivity index (χ2n) is 6.53. The fraction of sp³-hybridized carbons (Fsp3) is 0.136. The van der Waals surface area contributed by atoms with E-state index in [-0.39, 0.29) is 6.09 Å². The van der Waals surface area contributed by atoms with Gasteiger partial charge in [-0.1, -0.05) is 36.4 Å². The SMILES string of the molecule is C=N/C=C\C(=C/C)c1n[nH]c2cc3c(cc12)CN(Cc1ccccc1)C(=O)O3. The maximum absolute atomic E-state index is 12.4. The van der Waals surface area contributed by atoms with Crippen LogP contribution in [0.15, 0.2) is 65.8 Å². The number of fused-ring (bicyclic) bond motifs is 2. The highest BCUT2D eigenvalue weighted by atomic mass is 16.6. The number of aromatic nitrogens is 2. The number of carbonyl (C=O) groups is 1. The standard InChI is InChI=1S/C22H20N4O2/c1-3-16(9-10-23-2)21-18-11-17-14-26(13-15-7-5-4-6-8-15)22(27)28-20(17)12-19(18)24-25-21/h3-12H,2,13-14H2,1H3,(H,24,25)/b10-9-,16-3+. The maximum atomic E-state index is 12.4. The van der Waals surface area contributed by atoms with E-state index in [0.29, 0.717) is 18.8 Å². The lowest BCUT2D eigenvalue weighted by molar-refractivity contribution is 0.135. The van der Waals surface area contributed by atoms with Crippen LogP contribution in [0.1, 0.15) is 23.7 Å². The highest BCUT2D eigenvalue weighted by Gasteiger charge is 2.26. The third kappa shape index (κ3) is 3.32. The monoisotopic (exact) mass is 372 g/mol. The van der Waals surface area contributed by atoms with Crippen LogP contribution in [-0.2, 0) is 13.1 Å². The maximum Gasteiger partial charge on any atom is 0.415 e. The van der Waals surface area contributed by atoms with Crippen molar-refractivity contribution in [1.82, 2.24) is 15.1 Å². The topological polar surface area (TPSA) is 70.6 Å². The number of allylic oxidation sites excluding steroid dienone is 3. The molecule has 1 aliphatic heterocycles. The van der Waals surface area contributed by atoms with Crippen molar-refractivity contribution in [3.63, 3.8) is 0 Å². The van der Waals surface area contributed by atoms with Crippen LogP contribution in [0.2, 0.25) is 0 Å². The van der Waals surface area contributed by atoms with E-state index in [0.717, 1.165) is 33.3 Å². The Hall–Kier alpha value is -3.67. The van der Waals surface area contributed by atoms with Crippen LogP contribution in [0.25, 0.3) is 16.5 Å². The Morgan fingerprint density at radius 2 is 2.18 bits per heavy atom. The molecule has 6 nitrogen and oxygen atoms in total. The number of ether oxygens (including phenoxy) is 1. The molecule has 0 bridgehead atoms. The molecule has 0 spiro atoms. The third-order valence-corrected chi connectivity index (χ3v) is 4.72.